The van der Waals surface area contributed by atoms with E-state index in [1.165, 1.54) is 13.4 Å². The number of carbonyl (C=O) groups excluding carboxylic acids is 1. The number of hydrogen-bond donors (Lipinski definition) is 1. The quantitative estimate of drug-likeness (QED) is 0.708. The van der Waals surface area contributed by atoms with Crippen LogP contribution in [0, 0.1) is 0 Å². The summed E-state index contributed by atoms with van der Waals surface area (Å²) < 4.78 is 4.57. The zero-order valence-corrected chi connectivity index (χ0v) is 7.65. The second kappa shape index (κ2) is 3.45. The maximum absolute atomic E-state index is 11.1. The molecule has 2 aromatic heterocycles. The molecule has 0 aromatic carbocycles. The summed E-state index contributed by atoms with van der Waals surface area (Å²) in [7, 11) is 1.36. The van der Waals surface area contributed by atoms with Crippen LogP contribution in [-0.2, 0) is 16.0 Å². The zero-order chi connectivity index (χ0) is 9.97. The molecule has 0 atom stereocenters. The number of nitrogens with one attached hydrogen (secondary N) is 1. The zero-order valence-electron chi connectivity index (χ0n) is 7.65. The molecule has 1 N–H and O–H groups in total. The monoisotopic (exact) mass is 191 g/mol. The lowest BCUT2D eigenvalue weighted by molar-refractivity contribution is -0.139. The topological polar surface area (TPSA) is 67.9 Å². The van der Waals surface area contributed by atoms with Gasteiger partial charge in [0.05, 0.1) is 19.2 Å². The van der Waals surface area contributed by atoms with Crippen molar-refractivity contribution in [3.8, 4) is 0 Å². The fraction of sp³-hybridized carbons (Fsp3) is 0.222. The summed E-state index contributed by atoms with van der Waals surface area (Å²) in [6.45, 7) is 0. The van der Waals surface area contributed by atoms with Gasteiger partial charge in [-0.15, -0.1) is 0 Å². The molecule has 0 aliphatic heterocycles. The smallest absolute Gasteiger partial charge is 0.311 e. The van der Waals surface area contributed by atoms with E-state index >= 15 is 0 Å². The van der Waals surface area contributed by atoms with Crippen LogP contribution in [0.25, 0.3) is 11.0 Å². The standard InChI is InChI=1S/C9H9N3O2/c1-14-8(13)4-7-6-2-3-10-9(6)12-5-11-7/h2-3,5H,4H2,1H3,(H,10,11,12). The highest BCUT2D eigenvalue weighted by Gasteiger charge is 2.08. The number of carbonyl (C=O) groups is 1. The van der Waals surface area contributed by atoms with E-state index < -0.39 is 0 Å². The van der Waals surface area contributed by atoms with Gasteiger partial charge in [-0.1, -0.05) is 0 Å². The molecule has 72 valence electrons. The third kappa shape index (κ3) is 1.44. The van der Waals surface area contributed by atoms with Crippen molar-refractivity contribution in [1.82, 2.24) is 15.0 Å². The maximum atomic E-state index is 11.1. The number of methoxy groups -OCH3 is 1. The number of aromatic amines is 1. The summed E-state index contributed by atoms with van der Waals surface area (Å²) in [6.07, 6.45) is 3.37. The molecule has 2 aromatic rings. The minimum absolute atomic E-state index is 0.174. The van der Waals surface area contributed by atoms with Crippen LogP contribution in [0.1, 0.15) is 5.69 Å². The van der Waals surface area contributed by atoms with Gasteiger partial charge in [0.2, 0.25) is 0 Å². The maximum Gasteiger partial charge on any atom is 0.311 e. The van der Waals surface area contributed by atoms with Crippen LogP contribution in [-0.4, -0.2) is 28.0 Å². The molecular formula is C9H9N3O2. The van der Waals surface area contributed by atoms with E-state index in [1.54, 1.807) is 6.20 Å². The van der Waals surface area contributed by atoms with Gasteiger partial charge < -0.3 is 9.72 Å². The van der Waals surface area contributed by atoms with Crippen LogP contribution >= 0.6 is 0 Å². The number of H-pyrrole nitrogens is 1. The van der Waals surface area contributed by atoms with E-state index in [0.29, 0.717) is 5.69 Å². The second-order valence-electron chi connectivity index (χ2n) is 2.81. The minimum Gasteiger partial charge on any atom is -0.469 e. The number of rotatable bonds is 2. The Balaban J connectivity index is 2.41. The van der Waals surface area contributed by atoms with Crippen molar-refractivity contribution in [3.63, 3.8) is 0 Å². The molecule has 0 aliphatic carbocycles. The highest BCUT2D eigenvalue weighted by Crippen LogP contribution is 2.13. The molecule has 0 radical (unpaired) electrons. The molecular weight excluding hydrogens is 182 g/mol. The third-order valence-corrected chi connectivity index (χ3v) is 1.98. The number of ether oxygens (including phenoxy) is 1. The molecule has 0 aliphatic rings. The second-order valence-corrected chi connectivity index (χ2v) is 2.81. The van der Waals surface area contributed by atoms with Crippen LogP contribution in [0.5, 0.6) is 0 Å². The number of esters is 1. The Labute approximate surface area is 80.1 Å². The Morgan fingerprint density at radius 1 is 1.57 bits per heavy atom. The van der Waals surface area contributed by atoms with E-state index in [9.17, 15) is 4.79 Å². The largest absolute Gasteiger partial charge is 0.469 e. The van der Waals surface area contributed by atoms with Crippen LogP contribution in [0.15, 0.2) is 18.6 Å². The first kappa shape index (κ1) is 8.68. The summed E-state index contributed by atoms with van der Waals surface area (Å²) in [5, 5.41) is 0.859. The molecule has 0 unspecified atom stereocenters. The Morgan fingerprint density at radius 2 is 2.43 bits per heavy atom. The van der Waals surface area contributed by atoms with Crippen molar-refractivity contribution in [2.24, 2.45) is 0 Å². The summed E-state index contributed by atoms with van der Waals surface area (Å²) in [6, 6.07) is 1.84. The molecule has 0 saturated heterocycles. The van der Waals surface area contributed by atoms with Crippen molar-refractivity contribution >= 4 is 17.0 Å². The molecule has 0 amide bonds. The Bertz CT molecular complexity index is 464. The fourth-order valence-corrected chi connectivity index (χ4v) is 1.28. The molecule has 5 heteroatoms. The minimum atomic E-state index is -0.300. The van der Waals surface area contributed by atoms with E-state index in [0.717, 1.165) is 11.0 Å². The van der Waals surface area contributed by atoms with Crippen LogP contribution in [0.4, 0.5) is 0 Å². The molecule has 5 nitrogen and oxygen atoms in total. The van der Waals surface area contributed by atoms with Gasteiger partial charge in [0, 0.05) is 11.6 Å². The molecule has 0 bridgehead atoms. The Hall–Kier alpha value is -1.91. The van der Waals surface area contributed by atoms with Crippen molar-refractivity contribution < 1.29 is 9.53 Å². The summed E-state index contributed by atoms with van der Waals surface area (Å²) >= 11 is 0. The first-order chi connectivity index (χ1) is 6.81. The fourth-order valence-electron chi connectivity index (χ4n) is 1.28. The summed E-state index contributed by atoms with van der Waals surface area (Å²) in [4.78, 5) is 22.1. The number of aromatic nitrogens is 3. The highest BCUT2D eigenvalue weighted by atomic mass is 16.5. The normalized spacial score (nSPS) is 10.4. The molecule has 0 fully saturated rings. The van der Waals surface area contributed by atoms with E-state index in [1.807, 2.05) is 6.07 Å². The number of nitrogens with zero attached hydrogens (tertiary/aromatic N) is 2. The first-order valence-electron chi connectivity index (χ1n) is 4.15. The predicted octanol–water partition coefficient (Wildman–Crippen LogP) is 0.673. The first-order valence-corrected chi connectivity index (χ1v) is 4.15. The Morgan fingerprint density at radius 3 is 3.21 bits per heavy atom. The van der Waals surface area contributed by atoms with Gasteiger partial charge in [-0.05, 0) is 6.07 Å². The van der Waals surface area contributed by atoms with E-state index in [-0.39, 0.29) is 12.4 Å². The average Bonchev–Trinajstić information content (AvgIpc) is 2.66. The number of fused-ring (bicyclic) bond motifs is 1. The lowest BCUT2D eigenvalue weighted by Crippen LogP contribution is -2.06. The summed E-state index contributed by atoms with van der Waals surface area (Å²) in [5.41, 5.74) is 1.42. The predicted molar refractivity (Wildman–Crippen MR) is 49.6 cm³/mol. The van der Waals surface area contributed by atoms with Gasteiger partial charge in [0.1, 0.15) is 12.0 Å². The van der Waals surface area contributed by atoms with Gasteiger partial charge in [-0.3, -0.25) is 4.79 Å². The van der Waals surface area contributed by atoms with Gasteiger partial charge in [0.25, 0.3) is 0 Å². The van der Waals surface area contributed by atoms with Gasteiger partial charge in [-0.2, -0.15) is 0 Å². The van der Waals surface area contributed by atoms with Crippen LogP contribution in [0.2, 0.25) is 0 Å². The molecule has 2 heterocycles. The van der Waals surface area contributed by atoms with Gasteiger partial charge >= 0.3 is 5.97 Å². The summed E-state index contributed by atoms with van der Waals surface area (Å²) in [5.74, 6) is -0.300. The average molecular weight is 191 g/mol. The SMILES string of the molecule is COC(=O)Cc1ncnc2[nH]ccc12. The molecule has 0 spiro atoms. The van der Waals surface area contributed by atoms with Gasteiger partial charge in [0.15, 0.2) is 0 Å². The van der Waals surface area contributed by atoms with Crippen LogP contribution < -0.4 is 0 Å². The molecule has 2 rings (SSSR count). The van der Waals surface area contributed by atoms with Crippen molar-refractivity contribution in [2.75, 3.05) is 7.11 Å². The lowest BCUT2D eigenvalue weighted by atomic mass is 10.2. The van der Waals surface area contributed by atoms with E-state index in [2.05, 4.69) is 19.7 Å². The van der Waals surface area contributed by atoms with Crippen molar-refractivity contribution in [1.29, 1.82) is 0 Å². The Kier molecular flexibility index (Phi) is 2.14. The van der Waals surface area contributed by atoms with Crippen molar-refractivity contribution in [3.05, 3.63) is 24.3 Å². The third-order valence-electron chi connectivity index (χ3n) is 1.98. The van der Waals surface area contributed by atoms with E-state index in [4.69, 9.17) is 0 Å². The highest BCUT2D eigenvalue weighted by molar-refractivity contribution is 5.82. The number of hydrogen-bond acceptors (Lipinski definition) is 4. The van der Waals surface area contributed by atoms with Crippen molar-refractivity contribution in [2.45, 2.75) is 6.42 Å². The lowest BCUT2D eigenvalue weighted by Gasteiger charge is -1.99. The molecule has 14 heavy (non-hydrogen) atoms. The van der Waals surface area contributed by atoms with Gasteiger partial charge in [-0.25, -0.2) is 9.97 Å². The van der Waals surface area contributed by atoms with Crippen LogP contribution in [0.3, 0.4) is 0 Å². The molecule has 0 saturated carbocycles.